The monoisotopic (exact) mass is 269 g/mol. The first kappa shape index (κ1) is 11.6. The Kier molecular flexibility index (Phi) is 2.26. The van der Waals surface area contributed by atoms with Gasteiger partial charge in [0, 0.05) is 0 Å². The fourth-order valence-electron chi connectivity index (χ4n) is 3.19. The average molecular weight is 269 g/mol. The molecule has 4 nitrogen and oxygen atoms in total. The van der Waals surface area contributed by atoms with Gasteiger partial charge in [0.2, 0.25) is 11.8 Å². The van der Waals surface area contributed by atoms with Gasteiger partial charge in [0.25, 0.3) is 0 Å². The van der Waals surface area contributed by atoms with Gasteiger partial charge in [-0.05, 0) is 12.5 Å². The predicted octanol–water partition coefficient (Wildman–Crippen LogP) is 3.19. The van der Waals surface area contributed by atoms with Gasteiger partial charge in [-0.25, -0.2) is 0 Å². The molecule has 0 amide bonds. The fourth-order valence-corrected chi connectivity index (χ4v) is 3.19. The van der Waals surface area contributed by atoms with E-state index < -0.39 is 0 Å². The summed E-state index contributed by atoms with van der Waals surface area (Å²) in [5.41, 5.74) is 2.45. The van der Waals surface area contributed by atoms with E-state index in [-0.39, 0.29) is 30.0 Å². The van der Waals surface area contributed by atoms with Crippen LogP contribution in [0.15, 0.2) is 42.5 Å². The predicted molar refractivity (Wildman–Crippen MR) is 73.7 cm³/mol. The van der Waals surface area contributed by atoms with Crippen molar-refractivity contribution in [2.45, 2.75) is 25.2 Å². The summed E-state index contributed by atoms with van der Waals surface area (Å²) in [6.07, 6.45) is 3.38. The standard InChI is InChI=1S/C16H15NO3/c1-9(10-5-3-2-4-6-10)17-15(18)13-11-7-8-12(20-11)14(13)16(17)19/h2-9,11-12,18-19H,1H3/t9-,11-,12+/m0/s1. The van der Waals surface area contributed by atoms with Gasteiger partial charge < -0.3 is 14.9 Å². The van der Waals surface area contributed by atoms with Crippen molar-refractivity contribution in [1.82, 2.24) is 4.57 Å². The molecule has 2 aliphatic heterocycles. The minimum Gasteiger partial charge on any atom is -0.494 e. The Balaban J connectivity index is 1.85. The Labute approximate surface area is 116 Å². The molecule has 2 bridgehead atoms. The molecule has 3 atom stereocenters. The number of fused-ring (bicyclic) bond motifs is 5. The molecular weight excluding hydrogens is 254 g/mol. The van der Waals surface area contributed by atoms with Crippen LogP contribution >= 0.6 is 0 Å². The zero-order chi connectivity index (χ0) is 13.9. The minimum absolute atomic E-state index is 0.103. The molecule has 0 spiro atoms. The molecule has 20 heavy (non-hydrogen) atoms. The summed E-state index contributed by atoms with van der Waals surface area (Å²) in [6, 6.07) is 9.68. The molecular formula is C16H15NO3. The van der Waals surface area contributed by atoms with E-state index in [2.05, 4.69) is 0 Å². The number of benzene rings is 1. The quantitative estimate of drug-likeness (QED) is 0.823. The van der Waals surface area contributed by atoms with Crippen LogP contribution in [0.2, 0.25) is 0 Å². The third kappa shape index (κ3) is 1.34. The van der Waals surface area contributed by atoms with Crippen LogP contribution in [0.1, 0.15) is 41.9 Å². The molecule has 0 aliphatic carbocycles. The fraction of sp³-hybridized carbons (Fsp3) is 0.250. The van der Waals surface area contributed by atoms with E-state index >= 15 is 0 Å². The normalized spacial score (nSPS) is 24.1. The summed E-state index contributed by atoms with van der Waals surface area (Å²) in [4.78, 5) is 0. The van der Waals surface area contributed by atoms with Crippen molar-refractivity contribution in [2.75, 3.05) is 0 Å². The molecule has 1 aromatic carbocycles. The second-order valence-corrected chi connectivity index (χ2v) is 5.29. The van der Waals surface area contributed by atoms with E-state index in [9.17, 15) is 10.2 Å². The average Bonchev–Trinajstić information content (AvgIpc) is 3.14. The molecule has 3 heterocycles. The Morgan fingerprint density at radius 1 is 1.00 bits per heavy atom. The summed E-state index contributed by atoms with van der Waals surface area (Å²) in [7, 11) is 0. The van der Waals surface area contributed by atoms with E-state index in [1.54, 1.807) is 4.57 Å². The molecule has 0 unspecified atom stereocenters. The lowest BCUT2D eigenvalue weighted by atomic mass is 10.0. The van der Waals surface area contributed by atoms with Crippen LogP contribution < -0.4 is 0 Å². The first-order chi connectivity index (χ1) is 9.68. The lowest BCUT2D eigenvalue weighted by molar-refractivity contribution is 0.0835. The number of aromatic nitrogens is 1. The summed E-state index contributed by atoms with van der Waals surface area (Å²) in [5, 5.41) is 20.9. The van der Waals surface area contributed by atoms with Crippen molar-refractivity contribution in [2.24, 2.45) is 0 Å². The lowest BCUT2D eigenvalue weighted by Crippen LogP contribution is -2.07. The maximum atomic E-state index is 10.5. The highest BCUT2D eigenvalue weighted by Gasteiger charge is 2.42. The molecule has 102 valence electrons. The van der Waals surface area contributed by atoms with Crippen LogP contribution in [0.3, 0.4) is 0 Å². The number of hydrogen-bond donors (Lipinski definition) is 2. The molecule has 0 saturated heterocycles. The maximum absolute atomic E-state index is 10.5. The van der Waals surface area contributed by atoms with Crippen molar-refractivity contribution in [3.63, 3.8) is 0 Å². The highest BCUT2D eigenvalue weighted by atomic mass is 16.5. The summed E-state index contributed by atoms with van der Waals surface area (Å²) in [5.74, 6) is 0.205. The Morgan fingerprint density at radius 3 is 2.10 bits per heavy atom. The first-order valence-corrected chi connectivity index (χ1v) is 6.73. The second-order valence-electron chi connectivity index (χ2n) is 5.29. The van der Waals surface area contributed by atoms with E-state index in [1.807, 2.05) is 49.4 Å². The number of ether oxygens (including phenoxy) is 1. The second kappa shape index (κ2) is 3.90. The van der Waals surface area contributed by atoms with E-state index in [0.717, 1.165) is 5.56 Å². The van der Waals surface area contributed by atoms with Gasteiger partial charge in [-0.3, -0.25) is 4.57 Å². The van der Waals surface area contributed by atoms with Crippen molar-refractivity contribution in [1.29, 1.82) is 0 Å². The lowest BCUT2D eigenvalue weighted by Gasteiger charge is -2.18. The number of aromatic hydroxyl groups is 2. The molecule has 2 aliphatic rings. The largest absolute Gasteiger partial charge is 0.494 e. The van der Waals surface area contributed by atoms with E-state index in [1.165, 1.54) is 0 Å². The summed E-state index contributed by atoms with van der Waals surface area (Å²) >= 11 is 0. The van der Waals surface area contributed by atoms with Gasteiger partial charge in [-0.2, -0.15) is 0 Å². The van der Waals surface area contributed by atoms with Gasteiger partial charge in [0.15, 0.2) is 0 Å². The van der Waals surface area contributed by atoms with Crippen LogP contribution in [0, 0.1) is 0 Å². The van der Waals surface area contributed by atoms with Crippen molar-refractivity contribution in [3.8, 4) is 11.8 Å². The zero-order valence-electron chi connectivity index (χ0n) is 11.0. The molecule has 4 rings (SSSR count). The number of rotatable bonds is 2. The van der Waals surface area contributed by atoms with Crippen LogP contribution in [-0.2, 0) is 4.74 Å². The third-order valence-electron chi connectivity index (χ3n) is 4.22. The van der Waals surface area contributed by atoms with Crippen LogP contribution in [-0.4, -0.2) is 14.8 Å². The summed E-state index contributed by atoms with van der Waals surface area (Å²) < 4.78 is 7.22. The highest BCUT2D eigenvalue weighted by Crippen LogP contribution is 2.55. The van der Waals surface area contributed by atoms with Gasteiger partial charge in [-0.1, -0.05) is 42.5 Å². The SMILES string of the molecule is C[C@@H](c1ccccc1)n1c(O)c2c(c1O)[C@H]1C=C[C@@H]2O1. The van der Waals surface area contributed by atoms with E-state index in [0.29, 0.717) is 11.1 Å². The molecule has 0 saturated carbocycles. The topological polar surface area (TPSA) is 54.6 Å². The summed E-state index contributed by atoms with van der Waals surface area (Å²) in [6.45, 7) is 1.96. The number of hydrogen-bond acceptors (Lipinski definition) is 3. The Morgan fingerprint density at radius 2 is 1.55 bits per heavy atom. The Hall–Kier alpha value is -2.20. The highest BCUT2D eigenvalue weighted by molar-refractivity contribution is 5.56. The molecule has 2 N–H and O–H groups in total. The van der Waals surface area contributed by atoms with Crippen molar-refractivity contribution < 1.29 is 14.9 Å². The van der Waals surface area contributed by atoms with Crippen LogP contribution in [0.25, 0.3) is 0 Å². The van der Waals surface area contributed by atoms with Gasteiger partial charge >= 0.3 is 0 Å². The molecule has 2 aromatic rings. The van der Waals surface area contributed by atoms with Crippen LogP contribution in [0.5, 0.6) is 11.8 Å². The molecule has 4 heteroatoms. The van der Waals surface area contributed by atoms with Gasteiger partial charge in [0.05, 0.1) is 17.2 Å². The Bertz CT molecular complexity index is 667. The van der Waals surface area contributed by atoms with Crippen molar-refractivity contribution >= 4 is 0 Å². The maximum Gasteiger partial charge on any atom is 0.201 e. The van der Waals surface area contributed by atoms with Crippen LogP contribution in [0.4, 0.5) is 0 Å². The molecule has 0 fully saturated rings. The van der Waals surface area contributed by atoms with Crippen molar-refractivity contribution in [3.05, 3.63) is 59.2 Å². The molecule has 1 aromatic heterocycles. The zero-order valence-corrected chi connectivity index (χ0v) is 11.0. The third-order valence-corrected chi connectivity index (χ3v) is 4.22. The first-order valence-electron chi connectivity index (χ1n) is 6.73. The van der Waals surface area contributed by atoms with Gasteiger partial charge in [-0.15, -0.1) is 0 Å². The minimum atomic E-state index is -0.231. The molecule has 0 radical (unpaired) electrons. The van der Waals surface area contributed by atoms with Gasteiger partial charge in [0.1, 0.15) is 12.2 Å². The smallest absolute Gasteiger partial charge is 0.201 e. The van der Waals surface area contributed by atoms with E-state index in [4.69, 9.17) is 4.74 Å². The number of nitrogens with zero attached hydrogens (tertiary/aromatic N) is 1.